The van der Waals surface area contributed by atoms with Crippen LogP contribution in [0.25, 0.3) is 0 Å². The van der Waals surface area contributed by atoms with Gasteiger partial charge in [-0.25, -0.2) is 0 Å². The van der Waals surface area contributed by atoms with Gasteiger partial charge in [0.15, 0.2) is 6.61 Å². The van der Waals surface area contributed by atoms with Gasteiger partial charge in [-0.2, -0.15) is 0 Å². The first-order valence-electron chi connectivity index (χ1n) is 8.28. The van der Waals surface area contributed by atoms with Crippen LogP contribution in [0.1, 0.15) is 17.5 Å². The molecule has 0 saturated carbocycles. The van der Waals surface area contributed by atoms with E-state index in [1.807, 2.05) is 30.5 Å². The molecule has 0 aliphatic carbocycles. The summed E-state index contributed by atoms with van der Waals surface area (Å²) in [6.45, 7) is 3.88. The lowest BCUT2D eigenvalue weighted by atomic mass is 10.1. The molecule has 0 bridgehead atoms. The number of esters is 1. The monoisotopic (exact) mass is 389 g/mol. The molecule has 0 aliphatic rings. The quantitative estimate of drug-likeness (QED) is 0.524. The number of thioether (sulfide) groups is 2. The second kappa shape index (κ2) is 10.3. The third-order valence-corrected chi connectivity index (χ3v) is 5.59. The van der Waals surface area contributed by atoms with Crippen molar-refractivity contribution < 1.29 is 14.3 Å². The molecular weight excluding hydrogens is 366 g/mol. The Balaban J connectivity index is 1.71. The lowest BCUT2D eigenvalue weighted by Gasteiger charge is -2.09. The van der Waals surface area contributed by atoms with E-state index >= 15 is 0 Å². The molecule has 2 rings (SSSR count). The number of nitrogens with one attached hydrogen (secondary N) is 1. The van der Waals surface area contributed by atoms with E-state index in [-0.39, 0.29) is 24.9 Å². The molecule has 0 heterocycles. The fourth-order valence-corrected chi connectivity index (χ4v) is 3.69. The molecule has 1 N–H and O–H groups in total. The van der Waals surface area contributed by atoms with E-state index in [1.165, 1.54) is 11.1 Å². The van der Waals surface area contributed by atoms with E-state index < -0.39 is 0 Å². The lowest BCUT2D eigenvalue weighted by molar-refractivity contribution is -0.146. The smallest absolute Gasteiger partial charge is 0.307 e. The zero-order chi connectivity index (χ0) is 18.9. The average Bonchev–Trinajstić information content (AvgIpc) is 2.63. The zero-order valence-corrected chi connectivity index (χ0v) is 16.8. The van der Waals surface area contributed by atoms with Crippen molar-refractivity contribution in [2.24, 2.45) is 0 Å². The topological polar surface area (TPSA) is 55.4 Å². The number of aryl methyl sites for hydroxylation is 2. The molecule has 1 amide bonds. The number of carbonyl (C=O) groups excluding carboxylic acids is 2. The Morgan fingerprint density at radius 3 is 2.58 bits per heavy atom. The normalized spacial score (nSPS) is 10.4. The maximum absolute atomic E-state index is 11.9. The first-order valence-corrected chi connectivity index (χ1v) is 10.5. The molecule has 2 aromatic carbocycles. The second-order valence-corrected chi connectivity index (χ2v) is 7.77. The highest BCUT2D eigenvalue weighted by Crippen LogP contribution is 2.24. The van der Waals surface area contributed by atoms with E-state index in [0.717, 1.165) is 15.5 Å². The van der Waals surface area contributed by atoms with Gasteiger partial charge in [0.1, 0.15) is 0 Å². The van der Waals surface area contributed by atoms with Crippen molar-refractivity contribution in [2.75, 3.05) is 23.9 Å². The summed E-state index contributed by atoms with van der Waals surface area (Å²) < 4.78 is 5.06. The van der Waals surface area contributed by atoms with Crippen molar-refractivity contribution in [3.8, 4) is 0 Å². The molecular formula is C20H23NO3S2. The first-order chi connectivity index (χ1) is 12.5. The number of hydrogen-bond acceptors (Lipinski definition) is 5. The summed E-state index contributed by atoms with van der Waals surface area (Å²) in [4.78, 5) is 25.9. The summed E-state index contributed by atoms with van der Waals surface area (Å²) in [7, 11) is 0. The standard InChI is InChI=1S/C20H23NO3S2/c1-14-8-9-16(12-15(14)2)26-11-10-20(23)24-13-19(22)21-17-6-4-5-7-18(17)25-3/h4-9,12H,10-11,13H2,1-3H3,(H,21,22). The van der Waals surface area contributed by atoms with Gasteiger partial charge >= 0.3 is 5.97 Å². The Kier molecular flexibility index (Phi) is 8.06. The molecule has 0 aliphatic heterocycles. The maximum Gasteiger partial charge on any atom is 0.307 e. The SMILES string of the molecule is CSc1ccccc1NC(=O)COC(=O)CCSc1ccc(C)c(C)c1. The van der Waals surface area contributed by atoms with Crippen LogP contribution >= 0.6 is 23.5 Å². The summed E-state index contributed by atoms with van der Waals surface area (Å²) in [6, 6.07) is 13.8. The number of anilines is 1. The molecule has 4 nitrogen and oxygen atoms in total. The fourth-order valence-electron chi connectivity index (χ4n) is 2.21. The van der Waals surface area contributed by atoms with E-state index in [9.17, 15) is 9.59 Å². The number of carbonyl (C=O) groups is 2. The van der Waals surface area contributed by atoms with Crippen molar-refractivity contribution in [3.05, 3.63) is 53.6 Å². The van der Waals surface area contributed by atoms with E-state index in [0.29, 0.717) is 5.75 Å². The summed E-state index contributed by atoms with van der Waals surface area (Å²) in [6.07, 6.45) is 2.21. The molecule has 0 unspecified atom stereocenters. The Hall–Kier alpha value is -1.92. The number of ether oxygens (including phenoxy) is 1. The minimum Gasteiger partial charge on any atom is -0.456 e. The predicted octanol–water partition coefficient (Wildman–Crippen LogP) is 4.69. The molecule has 0 saturated heterocycles. The average molecular weight is 390 g/mol. The highest BCUT2D eigenvalue weighted by molar-refractivity contribution is 7.99. The molecule has 0 spiro atoms. The van der Waals surface area contributed by atoms with Gasteiger partial charge in [-0.05, 0) is 55.5 Å². The molecule has 138 valence electrons. The highest BCUT2D eigenvalue weighted by Gasteiger charge is 2.10. The van der Waals surface area contributed by atoms with Crippen LogP contribution in [0.2, 0.25) is 0 Å². The first kappa shape index (κ1) is 20.4. The van der Waals surface area contributed by atoms with Crippen LogP contribution in [-0.4, -0.2) is 30.5 Å². The lowest BCUT2D eigenvalue weighted by Crippen LogP contribution is -2.21. The number of rotatable bonds is 8. The Bertz CT molecular complexity index is 777. The minimum atomic E-state index is -0.366. The molecule has 26 heavy (non-hydrogen) atoms. The van der Waals surface area contributed by atoms with Crippen LogP contribution in [0.3, 0.4) is 0 Å². The number of benzene rings is 2. The van der Waals surface area contributed by atoms with E-state index in [2.05, 4.69) is 37.4 Å². The van der Waals surface area contributed by atoms with E-state index in [4.69, 9.17) is 4.74 Å². The summed E-state index contributed by atoms with van der Waals surface area (Å²) in [5.74, 6) is -0.0746. The number of amides is 1. The third kappa shape index (κ3) is 6.42. The zero-order valence-electron chi connectivity index (χ0n) is 15.2. The Morgan fingerprint density at radius 1 is 1.08 bits per heavy atom. The van der Waals surface area contributed by atoms with Crippen LogP contribution in [-0.2, 0) is 14.3 Å². The fraction of sp³-hybridized carbons (Fsp3) is 0.300. The molecule has 0 aromatic heterocycles. The van der Waals surface area contributed by atoms with Crippen molar-refractivity contribution in [3.63, 3.8) is 0 Å². The number of para-hydroxylation sites is 1. The molecule has 0 fully saturated rings. The van der Waals surface area contributed by atoms with Crippen LogP contribution in [0.15, 0.2) is 52.3 Å². The van der Waals surface area contributed by atoms with Crippen LogP contribution in [0, 0.1) is 13.8 Å². The van der Waals surface area contributed by atoms with Gasteiger partial charge < -0.3 is 10.1 Å². The van der Waals surface area contributed by atoms with E-state index in [1.54, 1.807) is 23.5 Å². The minimum absolute atomic E-state index is 0.268. The number of hydrogen-bond donors (Lipinski definition) is 1. The maximum atomic E-state index is 11.9. The second-order valence-electron chi connectivity index (χ2n) is 5.75. The largest absolute Gasteiger partial charge is 0.456 e. The Labute approximate surface area is 163 Å². The van der Waals surface area contributed by atoms with Gasteiger partial charge in [-0.1, -0.05) is 18.2 Å². The van der Waals surface area contributed by atoms with Gasteiger partial charge in [0.25, 0.3) is 5.91 Å². The molecule has 0 atom stereocenters. The van der Waals surface area contributed by atoms with Gasteiger partial charge in [0.05, 0.1) is 12.1 Å². The van der Waals surface area contributed by atoms with Gasteiger partial charge in [0, 0.05) is 15.5 Å². The van der Waals surface area contributed by atoms with Crippen LogP contribution in [0.5, 0.6) is 0 Å². The van der Waals surface area contributed by atoms with Crippen molar-refractivity contribution >= 4 is 41.1 Å². The molecule has 2 aromatic rings. The predicted molar refractivity (Wildman–Crippen MR) is 109 cm³/mol. The Morgan fingerprint density at radius 2 is 1.85 bits per heavy atom. The van der Waals surface area contributed by atoms with Crippen LogP contribution in [0.4, 0.5) is 5.69 Å². The summed E-state index contributed by atoms with van der Waals surface area (Å²) in [5, 5.41) is 2.77. The molecule has 0 radical (unpaired) electrons. The van der Waals surface area contributed by atoms with Gasteiger partial charge in [-0.15, -0.1) is 23.5 Å². The van der Waals surface area contributed by atoms with Gasteiger partial charge in [-0.3, -0.25) is 9.59 Å². The van der Waals surface area contributed by atoms with Crippen molar-refractivity contribution in [2.45, 2.75) is 30.1 Å². The molecule has 6 heteroatoms. The van der Waals surface area contributed by atoms with Gasteiger partial charge in [0.2, 0.25) is 0 Å². The summed E-state index contributed by atoms with van der Waals surface area (Å²) in [5.41, 5.74) is 3.22. The summed E-state index contributed by atoms with van der Waals surface area (Å²) >= 11 is 3.16. The highest BCUT2D eigenvalue weighted by atomic mass is 32.2. The van der Waals surface area contributed by atoms with Crippen molar-refractivity contribution in [1.82, 2.24) is 0 Å². The van der Waals surface area contributed by atoms with Crippen LogP contribution < -0.4 is 5.32 Å². The van der Waals surface area contributed by atoms with Crippen molar-refractivity contribution in [1.29, 1.82) is 0 Å². The third-order valence-electron chi connectivity index (χ3n) is 3.80.